The van der Waals surface area contributed by atoms with Crippen LogP contribution in [-0.4, -0.2) is 61.1 Å². The van der Waals surface area contributed by atoms with E-state index in [4.69, 9.17) is 4.74 Å². The predicted molar refractivity (Wildman–Crippen MR) is 109 cm³/mol. The van der Waals surface area contributed by atoms with Crippen LogP contribution in [0.15, 0.2) is 0 Å². The molecule has 0 aromatic rings. The summed E-state index contributed by atoms with van der Waals surface area (Å²) in [6, 6.07) is 0.818. The predicted octanol–water partition coefficient (Wildman–Crippen LogP) is 3.94. The van der Waals surface area contributed by atoms with Gasteiger partial charge in [0.15, 0.2) is 0 Å². The van der Waals surface area contributed by atoms with Gasteiger partial charge < -0.3 is 9.64 Å². The number of rotatable bonds is 6. The molecule has 5 aliphatic rings. The molecule has 0 spiro atoms. The molecule has 4 nitrogen and oxygen atoms in total. The Bertz CT molecular complexity index is 532. The summed E-state index contributed by atoms with van der Waals surface area (Å²) in [7, 11) is 0. The van der Waals surface area contributed by atoms with E-state index in [0.29, 0.717) is 17.4 Å². The van der Waals surface area contributed by atoms with E-state index in [0.717, 1.165) is 44.4 Å². The van der Waals surface area contributed by atoms with Crippen LogP contribution in [0.3, 0.4) is 0 Å². The molecule has 3 unspecified atom stereocenters. The zero-order chi connectivity index (χ0) is 19.1. The Kier molecular flexibility index (Phi) is 5.59. The molecule has 3 saturated heterocycles. The molecule has 154 valence electrons. The fourth-order valence-corrected chi connectivity index (χ4v) is 7.29. The molecule has 3 aliphatic heterocycles. The number of ether oxygens (including phenoxy) is 1. The first-order valence-corrected chi connectivity index (χ1v) is 11.6. The molecule has 4 heteroatoms. The highest BCUT2D eigenvalue weighted by atomic mass is 16.5. The van der Waals surface area contributed by atoms with E-state index in [9.17, 15) is 4.79 Å². The van der Waals surface area contributed by atoms with E-state index in [1.165, 1.54) is 51.6 Å². The Labute approximate surface area is 166 Å². The topological polar surface area (TPSA) is 32.8 Å². The molecule has 0 aromatic heterocycles. The summed E-state index contributed by atoms with van der Waals surface area (Å²) < 4.78 is 5.24. The lowest BCUT2D eigenvalue weighted by Crippen LogP contribution is -2.64. The van der Waals surface area contributed by atoms with E-state index in [1.807, 2.05) is 6.92 Å². The van der Waals surface area contributed by atoms with Crippen LogP contribution in [-0.2, 0) is 9.53 Å². The van der Waals surface area contributed by atoms with Gasteiger partial charge in [0, 0.05) is 19.1 Å². The molecule has 3 atom stereocenters. The molecule has 0 amide bonds. The van der Waals surface area contributed by atoms with Gasteiger partial charge in [0.25, 0.3) is 0 Å². The lowest BCUT2D eigenvalue weighted by atomic mass is 9.46. The molecule has 5 fully saturated rings. The van der Waals surface area contributed by atoms with Crippen molar-refractivity contribution in [3.05, 3.63) is 0 Å². The molecular formula is C23H40N2O2. The fourth-order valence-electron chi connectivity index (χ4n) is 7.29. The summed E-state index contributed by atoms with van der Waals surface area (Å²) >= 11 is 0. The molecule has 4 bridgehead atoms. The second-order valence-corrected chi connectivity index (χ2v) is 10.5. The van der Waals surface area contributed by atoms with E-state index >= 15 is 0 Å². The van der Waals surface area contributed by atoms with E-state index in [-0.39, 0.29) is 11.9 Å². The molecule has 3 heterocycles. The molecule has 0 radical (unpaired) electrons. The van der Waals surface area contributed by atoms with E-state index < -0.39 is 0 Å². The van der Waals surface area contributed by atoms with Gasteiger partial charge in [-0.15, -0.1) is 0 Å². The fraction of sp³-hybridized carbons (Fsp3) is 0.957. The average molecular weight is 377 g/mol. The van der Waals surface area contributed by atoms with Crippen LogP contribution in [0.2, 0.25) is 0 Å². The number of likely N-dealkylation sites (tertiary alicyclic amines) is 1. The zero-order valence-corrected chi connectivity index (χ0v) is 17.8. The van der Waals surface area contributed by atoms with Crippen molar-refractivity contribution in [3.8, 4) is 0 Å². The van der Waals surface area contributed by atoms with Gasteiger partial charge in [-0.2, -0.15) is 0 Å². The number of hydrogen-bond donors (Lipinski definition) is 0. The molecule has 0 aromatic carbocycles. The quantitative estimate of drug-likeness (QED) is 0.657. The largest absolute Gasteiger partial charge is 0.466 e. The van der Waals surface area contributed by atoms with Gasteiger partial charge >= 0.3 is 5.97 Å². The number of piperidine rings is 3. The Hall–Kier alpha value is -0.610. The molecule has 5 rings (SSSR count). The Balaban J connectivity index is 1.25. The lowest BCUT2D eigenvalue weighted by Gasteiger charge is -2.66. The summed E-state index contributed by atoms with van der Waals surface area (Å²) in [5, 5.41) is 0. The van der Waals surface area contributed by atoms with Crippen molar-refractivity contribution >= 4 is 5.97 Å². The number of hydrogen-bond acceptors (Lipinski definition) is 4. The zero-order valence-electron chi connectivity index (χ0n) is 17.8. The number of carbonyl (C=O) groups is 1. The van der Waals surface area contributed by atoms with Crippen molar-refractivity contribution < 1.29 is 9.53 Å². The van der Waals surface area contributed by atoms with Crippen molar-refractivity contribution in [1.82, 2.24) is 9.80 Å². The highest BCUT2D eigenvalue weighted by Crippen LogP contribution is 2.63. The van der Waals surface area contributed by atoms with Crippen LogP contribution in [0.1, 0.15) is 72.1 Å². The second kappa shape index (κ2) is 7.67. The maximum atomic E-state index is 12.1. The lowest BCUT2D eigenvalue weighted by molar-refractivity contribution is -0.158. The van der Waals surface area contributed by atoms with E-state index in [1.54, 1.807) is 0 Å². The molecule has 2 aliphatic carbocycles. The van der Waals surface area contributed by atoms with Gasteiger partial charge in [-0.05, 0) is 88.3 Å². The summed E-state index contributed by atoms with van der Waals surface area (Å²) in [5.41, 5.74) is 1.23. The Morgan fingerprint density at radius 2 is 1.81 bits per heavy atom. The van der Waals surface area contributed by atoms with Gasteiger partial charge in [0.1, 0.15) is 0 Å². The average Bonchev–Trinajstić information content (AvgIpc) is 2.62. The van der Waals surface area contributed by atoms with Crippen LogP contribution in [0, 0.1) is 22.7 Å². The van der Waals surface area contributed by atoms with Crippen molar-refractivity contribution in [1.29, 1.82) is 0 Å². The molecule has 27 heavy (non-hydrogen) atoms. The summed E-state index contributed by atoms with van der Waals surface area (Å²) in [6.45, 7) is 13.3. The minimum atomic E-state index is 0.0172. The van der Waals surface area contributed by atoms with Crippen LogP contribution < -0.4 is 0 Å². The molecule has 0 N–H and O–H groups in total. The number of fused-ring (bicyclic) bond motifs is 1. The normalized spacial score (nSPS) is 42.3. The Morgan fingerprint density at radius 1 is 1.07 bits per heavy atom. The van der Waals surface area contributed by atoms with Crippen LogP contribution >= 0.6 is 0 Å². The van der Waals surface area contributed by atoms with Crippen molar-refractivity contribution in [3.63, 3.8) is 0 Å². The van der Waals surface area contributed by atoms with Gasteiger partial charge in [-0.25, -0.2) is 0 Å². The van der Waals surface area contributed by atoms with Crippen LogP contribution in [0.4, 0.5) is 0 Å². The van der Waals surface area contributed by atoms with Gasteiger partial charge in [-0.3, -0.25) is 9.69 Å². The van der Waals surface area contributed by atoms with Crippen LogP contribution in [0.25, 0.3) is 0 Å². The van der Waals surface area contributed by atoms with E-state index in [2.05, 4.69) is 23.6 Å². The minimum Gasteiger partial charge on any atom is -0.466 e. The third kappa shape index (κ3) is 3.81. The SMILES string of the molecule is CCOC(=O)C1CCCN(CCCN2CC3C4(C)CCCC3(C)CC2C4)C1. The third-order valence-electron chi connectivity index (χ3n) is 8.56. The standard InChI is InChI=1S/C23H40N2O2/c1-4-27-21(26)18-8-5-11-24(16-18)12-7-13-25-17-20-22(2)9-6-10-23(20,3)15-19(25)14-22/h18-20H,4-17H2,1-3H3. The maximum Gasteiger partial charge on any atom is 0.310 e. The first-order chi connectivity index (χ1) is 12.9. The first-order valence-electron chi connectivity index (χ1n) is 11.6. The smallest absolute Gasteiger partial charge is 0.310 e. The summed E-state index contributed by atoms with van der Waals surface area (Å²) in [5.74, 6) is 1.03. The van der Waals surface area contributed by atoms with Crippen molar-refractivity contribution in [2.45, 2.75) is 78.2 Å². The summed E-state index contributed by atoms with van der Waals surface area (Å²) in [6.07, 6.45) is 10.6. The van der Waals surface area contributed by atoms with Gasteiger partial charge in [0.2, 0.25) is 0 Å². The van der Waals surface area contributed by atoms with Crippen molar-refractivity contribution in [2.75, 3.05) is 39.3 Å². The monoisotopic (exact) mass is 376 g/mol. The Morgan fingerprint density at radius 3 is 2.48 bits per heavy atom. The van der Waals surface area contributed by atoms with Gasteiger partial charge in [0.05, 0.1) is 12.5 Å². The highest BCUT2D eigenvalue weighted by Gasteiger charge is 2.58. The maximum absolute atomic E-state index is 12.1. The van der Waals surface area contributed by atoms with Crippen LogP contribution in [0.5, 0.6) is 0 Å². The summed E-state index contributed by atoms with van der Waals surface area (Å²) in [4.78, 5) is 17.4. The molecular weight excluding hydrogens is 336 g/mol. The van der Waals surface area contributed by atoms with Gasteiger partial charge in [-0.1, -0.05) is 20.3 Å². The second-order valence-electron chi connectivity index (χ2n) is 10.5. The minimum absolute atomic E-state index is 0.0172. The van der Waals surface area contributed by atoms with Crippen molar-refractivity contribution in [2.24, 2.45) is 22.7 Å². The molecule has 2 saturated carbocycles. The number of nitrogens with zero attached hydrogens (tertiary/aromatic N) is 2. The third-order valence-corrected chi connectivity index (χ3v) is 8.56. The highest BCUT2D eigenvalue weighted by molar-refractivity contribution is 5.72. The number of esters is 1. The number of carbonyl (C=O) groups excluding carboxylic acids is 1. The first kappa shape index (κ1) is 19.7.